The molecule has 0 radical (unpaired) electrons. The number of nitrogens with two attached hydrogens (primary N) is 1. The zero-order chi connectivity index (χ0) is 15.7. The largest absolute Gasteiger partial charge is 0.420 e. The first-order valence-electron chi connectivity index (χ1n) is 6.16. The Morgan fingerprint density at radius 1 is 1.48 bits per heavy atom. The van der Waals surface area contributed by atoms with Gasteiger partial charge in [-0.25, -0.2) is 10.6 Å². The van der Waals surface area contributed by atoms with Crippen molar-refractivity contribution in [1.82, 2.24) is 9.99 Å². The second-order valence-electron chi connectivity index (χ2n) is 4.68. The number of nitro groups is 1. The Labute approximate surface area is 118 Å². The van der Waals surface area contributed by atoms with E-state index >= 15 is 0 Å². The molecule has 1 aromatic heterocycles. The number of amides is 1. The van der Waals surface area contributed by atoms with Gasteiger partial charge >= 0.3 is 5.76 Å². The molecule has 3 N–H and O–H groups in total. The van der Waals surface area contributed by atoms with E-state index in [1.54, 1.807) is 13.8 Å². The van der Waals surface area contributed by atoms with Gasteiger partial charge in [-0.05, 0) is 13.0 Å². The van der Waals surface area contributed by atoms with Crippen LogP contribution in [-0.2, 0) is 4.79 Å². The zero-order valence-electron chi connectivity index (χ0n) is 11.4. The van der Waals surface area contributed by atoms with Gasteiger partial charge in [0.25, 0.3) is 5.69 Å². The third kappa shape index (κ3) is 2.50. The summed E-state index contributed by atoms with van der Waals surface area (Å²) in [7, 11) is 0. The van der Waals surface area contributed by atoms with E-state index in [1.807, 2.05) is 5.43 Å². The fraction of sp³-hybridized carbons (Fsp3) is 0.333. The minimum Gasteiger partial charge on any atom is -0.408 e. The molecule has 0 spiro atoms. The smallest absolute Gasteiger partial charge is 0.408 e. The van der Waals surface area contributed by atoms with Gasteiger partial charge < -0.3 is 4.42 Å². The lowest BCUT2D eigenvalue weighted by Crippen LogP contribution is -2.39. The van der Waals surface area contributed by atoms with Crippen molar-refractivity contribution >= 4 is 22.7 Å². The van der Waals surface area contributed by atoms with E-state index in [0.29, 0.717) is 0 Å². The highest BCUT2D eigenvalue weighted by Gasteiger charge is 2.26. The molecule has 2 unspecified atom stereocenters. The Balaban J connectivity index is 2.59. The first-order chi connectivity index (χ1) is 9.86. The number of benzene rings is 1. The summed E-state index contributed by atoms with van der Waals surface area (Å²) in [4.78, 5) is 33.8. The number of fused-ring (bicyclic) bond motifs is 1. The van der Waals surface area contributed by atoms with Crippen LogP contribution < -0.4 is 17.0 Å². The molecule has 0 aliphatic heterocycles. The molecule has 0 saturated heterocycles. The third-order valence-electron chi connectivity index (χ3n) is 3.49. The second-order valence-corrected chi connectivity index (χ2v) is 4.68. The van der Waals surface area contributed by atoms with Gasteiger partial charge in [0, 0.05) is 18.2 Å². The quantitative estimate of drug-likeness (QED) is 0.369. The Kier molecular flexibility index (Phi) is 3.76. The first kappa shape index (κ1) is 14.7. The minimum atomic E-state index is -0.685. The highest BCUT2D eigenvalue weighted by atomic mass is 16.6. The lowest BCUT2D eigenvalue weighted by Gasteiger charge is -2.18. The number of aromatic nitrogens is 1. The highest BCUT2D eigenvalue weighted by molar-refractivity contribution is 5.79. The van der Waals surface area contributed by atoms with Crippen LogP contribution in [0.4, 0.5) is 5.69 Å². The normalized spacial score (nSPS) is 13.9. The second kappa shape index (κ2) is 5.37. The summed E-state index contributed by atoms with van der Waals surface area (Å²) in [6.07, 6.45) is 0. The Bertz CT molecular complexity index is 763. The van der Waals surface area contributed by atoms with E-state index < -0.39 is 28.5 Å². The van der Waals surface area contributed by atoms with Crippen molar-refractivity contribution < 1.29 is 14.1 Å². The maximum atomic E-state index is 11.9. The van der Waals surface area contributed by atoms with Crippen LogP contribution in [0.15, 0.2) is 27.4 Å². The number of non-ortho nitro benzene ring substituents is 1. The summed E-state index contributed by atoms with van der Waals surface area (Å²) in [5.74, 6) is 3.33. The van der Waals surface area contributed by atoms with Crippen molar-refractivity contribution in [3.05, 3.63) is 38.9 Å². The predicted octanol–water partition coefficient (Wildman–Crippen LogP) is 0.690. The lowest BCUT2D eigenvalue weighted by molar-refractivity contribution is -0.384. The SMILES string of the molecule is CC(C(=O)NN)C(C)n1c(=O)oc2ccc([N+](=O)[O-])cc21. The summed E-state index contributed by atoms with van der Waals surface area (Å²) in [6.45, 7) is 3.23. The first-order valence-corrected chi connectivity index (χ1v) is 6.16. The number of hydrazine groups is 1. The molecule has 9 heteroatoms. The summed E-state index contributed by atoms with van der Waals surface area (Å²) in [6, 6.07) is 3.26. The molecule has 0 bridgehead atoms. The van der Waals surface area contributed by atoms with Crippen molar-refractivity contribution in [2.45, 2.75) is 19.9 Å². The number of oxazole rings is 1. The van der Waals surface area contributed by atoms with Gasteiger partial charge in [-0.15, -0.1) is 0 Å². The van der Waals surface area contributed by atoms with Gasteiger partial charge in [0.2, 0.25) is 5.91 Å². The molecule has 112 valence electrons. The average molecular weight is 294 g/mol. The number of nitro benzene ring substituents is 1. The standard InChI is InChI=1S/C12H14N4O5/c1-6(11(17)14-13)7(2)15-9-5-8(16(19)20)3-4-10(9)21-12(15)18/h3-7H,13H2,1-2H3,(H,14,17). The van der Waals surface area contributed by atoms with Gasteiger partial charge in [-0.3, -0.25) is 24.9 Å². The van der Waals surface area contributed by atoms with Crippen LogP contribution in [0.25, 0.3) is 11.1 Å². The van der Waals surface area contributed by atoms with Crippen LogP contribution >= 0.6 is 0 Å². The molecular formula is C12H14N4O5. The number of rotatable bonds is 4. The molecule has 2 atom stereocenters. The number of nitrogens with one attached hydrogen (secondary N) is 1. The zero-order valence-corrected chi connectivity index (χ0v) is 11.4. The summed E-state index contributed by atoms with van der Waals surface area (Å²) < 4.78 is 6.25. The Hall–Kier alpha value is -2.68. The van der Waals surface area contributed by atoms with Crippen LogP contribution in [0.2, 0.25) is 0 Å². The molecule has 0 saturated carbocycles. The third-order valence-corrected chi connectivity index (χ3v) is 3.49. The van der Waals surface area contributed by atoms with Gasteiger partial charge in [0.05, 0.1) is 16.4 Å². The van der Waals surface area contributed by atoms with E-state index in [0.717, 1.165) is 0 Å². The van der Waals surface area contributed by atoms with Crippen molar-refractivity contribution in [3.63, 3.8) is 0 Å². The van der Waals surface area contributed by atoms with Crippen molar-refractivity contribution in [3.8, 4) is 0 Å². The minimum absolute atomic E-state index is 0.167. The summed E-state index contributed by atoms with van der Waals surface area (Å²) in [5.41, 5.74) is 2.33. The number of carbonyl (C=O) groups is 1. The average Bonchev–Trinajstić information content (AvgIpc) is 2.79. The number of nitrogens with zero attached hydrogens (tertiary/aromatic N) is 2. The van der Waals surface area contributed by atoms with Gasteiger partial charge in [-0.1, -0.05) is 6.92 Å². The maximum absolute atomic E-state index is 11.9. The van der Waals surface area contributed by atoms with E-state index in [4.69, 9.17) is 10.3 Å². The Morgan fingerprint density at radius 2 is 2.14 bits per heavy atom. The van der Waals surface area contributed by atoms with E-state index in [2.05, 4.69) is 0 Å². The van der Waals surface area contributed by atoms with E-state index in [1.165, 1.54) is 22.8 Å². The fourth-order valence-electron chi connectivity index (χ4n) is 2.10. The van der Waals surface area contributed by atoms with Crippen LogP contribution in [0.1, 0.15) is 19.9 Å². The molecule has 1 amide bonds. The van der Waals surface area contributed by atoms with Gasteiger partial charge in [0.15, 0.2) is 5.58 Å². The number of hydrogen-bond donors (Lipinski definition) is 2. The summed E-state index contributed by atoms with van der Waals surface area (Å²) >= 11 is 0. The predicted molar refractivity (Wildman–Crippen MR) is 73.3 cm³/mol. The van der Waals surface area contributed by atoms with Gasteiger partial charge in [-0.2, -0.15) is 0 Å². The van der Waals surface area contributed by atoms with Crippen LogP contribution in [0, 0.1) is 16.0 Å². The molecule has 21 heavy (non-hydrogen) atoms. The molecule has 0 fully saturated rings. The fourth-order valence-corrected chi connectivity index (χ4v) is 2.10. The lowest BCUT2D eigenvalue weighted by atomic mass is 10.0. The number of carbonyl (C=O) groups excluding carboxylic acids is 1. The monoisotopic (exact) mass is 294 g/mol. The molecule has 2 aromatic rings. The Morgan fingerprint density at radius 3 is 2.71 bits per heavy atom. The molecule has 0 aliphatic carbocycles. The van der Waals surface area contributed by atoms with E-state index in [-0.39, 0.29) is 16.8 Å². The molecule has 0 aliphatic rings. The van der Waals surface area contributed by atoms with Crippen molar-refractivity contribution in [2.75, 3.05) is 0 Å². The molecule has 2 rings (SSSR count). The summed E-state index contributed by atoms with van der Waals surface area (Å²) in [5, 5.41) is 10.8. The molecule has 1 aromatic carbocycles. The maximum Gasteiger partial charge on any atom is 0.420 e. The van der Waals surface area contributed by atoms with Crippen LogP contribution in [0.5, 0.6) is 0 Å². The number of hydrogen-bond acceptors (Lipinski definition) is 6. The van der Waals surface area contributed by atoms with Crippen molar-refractivity contribution in [2.24, 2.45) is 11.8 Å². The molecular weight excluding hydrogens is 280 g/mol. The van der Waals surface area contributed by atoms with Gasteiger partial charge in [0.1, 0.15) is 0 Å². The highest BCUT2D eigenvalue weighted by Crippen LogP contribution is 2.25. The van der Waals surface area contributed by atoms with Crippen molar-refractivity contribution in [1.29, 1.82) is 0 Å². The molecule has 9 nitrogen and oxygen atoms in total. The van der Waals surface area contributed by atoms with Crippen LogP contribution in [-0.4, -0.2) is 15.4 Å². The van der Waals surface area contributed by atoms with Crippen LogP contribution in [0.3, 0.4) is 0 Å². The molecule has 1 heterocycles. The van der Waals surface area contributed by atoms with E-state index in [9.17, 15) is 19.7 Å². The topological polar surface area (TPSA) is 133 Å².